The number of allylic oxidation sites excluding steroid dienone is 1. The van der Waals surface area contributed by atoms with Crippen molar-refractivity contribution in [2.45, 2.75) is 6.42 Å². The van der Waals surface area contributed by atoms with E-state index in [1.807, 2.05) is 0 Å². The molecule has 0 spiro atoms. The van der Waals surface area contributed by atoms with E-state index in [0.29, 0.717) is 11.3 Å². The van der Waals surface area contributed by atoms with E-state index in [-0.39, 0.29) is 12.2 Å². The molecule has 0 saturated carbocycles. The molecule has 0 saturated heterocycles. The average Bonchev–Trinajstić information content (AvgIpc) is 2.84. The van der Waals surface area contributed by atoms with Gasteiger partial charge in [0.15, 0.2) is 5.78 Å². The second-order valence-corrected chi connectivity index (χ2v) is 3.32. The molecule has 0 aromatic carbocycles. The lowest BCUT2D eigenvalue weighted by atomic mass is 10.00. The van der Waals surface area contributed by atoms with Crippen LogP contribution >= 0.6 is 0 Å². The van der Waals surface area contributed by atoms with Crippen LogP contribution in [-0.2, 0) is 14.3 Å². The third-order valence-electron chi connectivity index (χ3n) is 2.39. The lowest BCUT2D eigenvalue weighted by Crippen LogP contribution is -2.15. The first-order valence-corrected chi connectivity index (χ1v) is 4.58. The fraction of sp³-hybridized carbons (Fsp3) is 0.273. The van der Waals surface area contributed by atoms with Crippen molar-refractivity contribution < 1.29 is 18.7 Å². The van der Waals surface area contributed by atoms with Crippen LogP contribution in [0.15, 0.2) is 28.9 Å². The molecule has 2 rings (SSSR count). The minimum atomic E-state index is -0.520. The predicted molar refractivity (Wildman–Crippen MR) is 51.8 cm³/mol. The van der Waals surface area contributed by atoms with E-state index in [2.05, 4.69) is 4.74 Å². The van der Waals surface area contributed by atoms with Crippen LogP contribution < -0.4 is 0 Å². The van der Waals surface area contributed by atoms with Gasteiger partial charge in [-0.05, 0) is 18.2 Å². The molecule has 1 aliphatic rings. The number of hydrogen-bond acceptors (Lipinski definition) is 4. The number of hydrogen-bond donors (Lipinski definition) is 0. The number of carbonyl (C=O) groups excluding carboxylic acids is 2. The Balaban J connectivity index is 2.32. The normalized spacial score (nSPS) is 20.2. The highest BCUT2D eigenvalue weighted by Crippen LogP contribution is 2.33. The SMILES string of the molecule is COC(=O)C1CC(=O)C=C1c1ccco1. The van der Waals surface area contributed by atoms with Gasteiger partial charge in [-0.3, -0.25) is 9.59 Å². The molecular formula is C11H10O4. The molecule has 1 heterocycles. The molecule has 4 nitrogen and oxygen atoms in total. The van der Waals surface area contributed by atoms with E-state index in [0.717, 1.165) is 0 Å². The molecule has 0 bridgehead atoms. The Morgan fingerprint density at radius 2 is 2.40 bits per heavy atom. The number of rotatable bonds is 2. The summed E-state index contributed by atoms with van der Waals surface area (Å²) < 4.78 is 9.80. The van der Waals surface area contributed by atoms with Gasteiger partial charge in [-0.15, -0.1) is 0 Å². The van der Waals surface area contributed by atoms with Gasteiger partial charge < -0.3 is 9.15 Å². The van der Waals surface area contributed by atoms with Crippen molar-refractivity contribution in [1.29, 1.82) is 0 Å². The van der Waals surface area contributed by atoms with E-state index in [4.69, 9.17) is 4.42 Å². The van der Waals surface area contributed by atoms with E-state index < -0.39 is 11.9 Å². The number of ketones is 1. The van der Waals surface area contributed by atoms with Gasteiger partial charge in [0, 0.05) is 12.0 Å². The van der Waals surface area contributed by atoms with Gasteiger partial charge in [-0.2, -0.15) is 0 Å². The van der Waals surface area contributed by atoms with Gasteiger partial charge >= 0.3 is 5.97 Å². The van der Waals surface area contributed by atoms with Crippen molar-refractivity contribution >= 4 is 17.3 Å². The van der Waals surface area contributed by atoms with Crippen LogP contribution in [0, 0.1) is 5.92 Å². The first kappa shape index (κ1) is 9.71. The molecule has 1 unspecified atom stereocenters. The fourth-order valence-corrected chi connectivity index (χ4v) is 1.68. The Morgan fingerprint density at radius 3 is 3.00 bits per heavy atom. The molecule has 0 radical (unpaired) electrons. The third-order valence-corrected chi connectivity index (χ3v) is 2.39. The van der Waals surface area contributed by atoms with Crippen LogP contribution in [-0.4, -0.2) is 18.9 Å². The van der Waals surface area contributed by atoms with Gasteiger partial charge in [0.2, 0.25) is 0 Å². The van der Waals surface area contributed by atoms with Gasteiger partial charge in [0.05, 0.1) is 19.3 Å². The van der Waals surface area contributed by atoms with E-state index >= 15 is 0 Å². The molecule has 0 N–H and O–H groups in total. The summed E-state index contributed by atoms with van der Waals surface area (Å²) in [5.41, 5.74) is 0.608. The summed E-state index contributed by atoms with van der Waals surface area (Å²) in [6.45, 7) is 0. The van der Waals surface area contributed by atoms with Crippen molar-refractivity contribution in [3.63, 3.8) is 0 Å². The van der Waals surface area contributed by atoms with Crippen LogP contribution in [0.2, 0.25) is 0 Å². The second-order valence-electron chi connectivity index (χ2n) is 3.32. The molecule has 0 aliphatic heterocycles. The maximum absolute atomic E-state index is 11.4. The topological polar surface area (TPSA) is 56.5 Å². The van der Waals surface area contributed by atoms with Crippen molar-refractivity contribution in [3.8, 4) is 0 Å². The molecule has 0 amide bonds. The molecule has 15 heavy (non-hydrogen) atoms. The van der Waals surface area contributed by atoms with Crippen LogP contribution in [0.4, 0.5) is 0 Å². The summed E-state index contributed by atoms with van der Waals surface area (Å²) in [7, 11) is 1.31. The molecule has 1 aromatic rings. The summed E-state index contributed by atoms with van der Waals surface area (Å²) in [5, 5.41) is 0. The molecule has 0 fully saturated rings. The van der Waals surface area contributed by atoms with Crippen molar-refractivity contribution in [2.24, 2.45) is 5.92 Å². The van der Waals surface area contributed by atoms with E-state index in [9.17, 15) is 9.59 Å². The van der Waals surface area contributed by atoms with E-state index in [1.165, 1.54) is 19.4 Å². The van der Waals surface area contributed by atoms with Gasteiger partial charge in [0.1, 0.15) is 5.76 Å². The van der Waals surface area contributed by atoms with Crippen LogP contribution in [0.25, 0.3) is 5.57 Å². The average molecular weight is 206 g/mol. The van der Waals surface area contributed by atoms with Gasteiger partial charge in [-0.1, -0.05) is 0 Å². The van der Waals surface area contributed by atoms with Crippen LogP contribution in [0.5, 0.6) is 0 Å². The van der Waals surface area contributed by atoms with Crippen molar-refractivity contribution in [2.75, 3.05) is 7.11 Å². The van der Waals surface area contributed by atoms with Crippen molar-refractivity contribution in [1.82, 2.24) is 0 Å². The minimum absolute atomic E-state index is 0.0724. The summed E-state index contributed by atoms with van der Waals surface area (Å²) in [4.78, 5) is 22.7. The first-order chi connectivity index (χ1) is 7.22. The fourth-order valence-electron chi connectivity index (χ4n) is 1.68. The zero-order valence-electron chi connectivity index (χ0n) is 8.23. The molecule has 4 heteroatoms. The Bertz CT molecular complexity index is 414. The number of esters is 1. The van der Waals surface area contributed by atoms with Crippen LogP contribution in [0.3, 0.4) is 0 Å². The van der Waals surface area contributed by atoms with Crippen molar-refractivity contribution in [3.05, 3.63) is 30.2 Å². The maximum atomic E-state index is 11.4. The van der Waals surface area contributed by atoms with Gasteiger partial charge in [-0.25, -0.2) is 0 Å². The Hall–Kier alpha value is -1.84. The standard InChI is InChI=1S/C11H10O4/c1-14-11(13)9-6-7(12)5-8(9)10-3-2-4-15-10/h2-5,9H,6H2,1H3. The molecule has 1 atom stereocenters. The Labute approximate surface area is 86.5 Å². The highest BCUT2D eigenvalue weighted by Gasteiger charge is 2.33. The maximum Gasteiger partial charge on any atom is 0.313 e. The number of methoxy groups -OCH3 is 1. The number of furan rings is 1. The largest absolute Gasteiger partial charge is 0.469 e. The second kappa shape index (κ2) is 3.73. The quantitative estimate of drug-likeness (QED) is 0.687. The first-order valence-electron chi connectivity index (χ1n) is 4.58. The number of carbonyl (C=O) groups is 2. The van der Waals surface area contributed by atoms with E-state index in [1.54, 1.807) is 12.1 Å². The molecule has 1 aliphatic carbocycles. The lowest BCUT2D eigenvalue weighted by Gasteiger charge is -2.09. The summed E-state index contributed by atoms with van der Waals surface area (Å²) in [6, 6.07) is 3.44. The predicted octanol–water partition coefficient (Wildman–Crippen LogP) is 1.43. The van der Waals surface area contributed by atoms with Crippen LogP contribution in [0.1, 0.15) is 12.2 Å². The van der Waals surface area contributed by atoms with Gasteiger partial charge in [0.25, 0.3) is 0 Å². The summed E-state index contributed by atoms with van der Waals surface area (Å²) in [6.07, 6.45) is 3.12. The summed E-state index contributed by atoms with van der Waals surface area (Å²) >= 11 is 0. The molecular weight excluding hydrogens is 196 g/mol. The molecule has 1 aromatic heterocycles. The third kappa shape index (κ3) is 1.70. The number of ether oxygens (including phenoxy) is 1. The monoisotopic (exact) mass is 206 g/mol. The Morgan fingerprint density at radius 1 is 1.60 bits per heavy atom. The highest BCUT2D eigenvalue weighted by atomic mass is 16.5. The zero-order valence-corrected chi connectivity index (χ0v) is 8.23. The molecule has 78 valence electrons. The Kier molecular flexibility index (Phi) is 2.41. The lowest BCUT2D eigenvalue weighted by molar-refractivity contribution is -0.144. The smallest absolute Gasteiger partial charge is 0.313 e. The summed E-state index contributed by atoms with van der Waals surface area (Å²) in [5.74, 6) is -0.440. The minimum Gasteiger partial charge on any atom is -0.469 e. The zero-order chi connectivity index (χ0) is 10.8. The highest BCUT2D eigenvalue weighted by molar-refractivity contribution is 6.08.